The van der Waals surface area contributed by atoms with Gasteiger partial charge in [0.15, 0.2) is 0 Å². The molecule has 42 heavy (non-hydrogen) atoms. The van der Waals surface area contributed by atoms with Gasteiger partial charge >= 0.3 is 6.18 Å². The number of alkyl halides is 6. The molecule has 7 nitrogen and oxygen atoms in total. The van der Waals surface area contributed by atoms with E-state index in [1.54, 1.807) is 36.4 Å². The van der Waals surface area contributed by atoms with E-state index in [-0.39, 0.29) is 11.5 Å². The van der Waals surface area contributed by atoms with Crippen LogP contribution in [0, 0.1) is 5.92 Å². The first-order chi connectivity index (χ1) is 19.5. The fourth-order valence-corrected chi connectivity index (χ4v) is 5.26. The first-order valence-corrected chi connectivity index (χ1v) is 13.4. The van der Waals surface area contributed by atoms with Crippen LogP contribution in [-0.2, 0) is 19.8 Å². The van der Waals surface area contributed by atoms with Crippen LogP contribution in [0.25, 0.3) is 11.1 Å². The molecule has 0 bridgehead atoms. The molecule has 2 aromatic carbocycles. The second-order valence-corrected chi connectivity index (χ2v) is 11.5. The van der Waals surface area contributed by atoms with Gasteiger partial charge in [0, 0.05) is 13.0 Å². The summed E-state index contributed by atoms with van der Waals surface area (Å²) in [5.41, 5.74) is 5.09. The van der Waals surface area contributed by atoms with Crippen molar-refractivity contribution in [2.24, 2.45) is 11.7 Å². The first kappa shape index (κ1) is 31.3. The Bertz CT molecular complexity index is 1300. The summed E-state index contributed by atoms with van der Waals surface area (Å²) in [4.78, 5) is 36.8. The summed E-state index contributed by atoms with van der Waals surface area (Å²) in [6.45, 7) is 1.45. The van der Waals surface area contributed by atoms with E-state index >= 15 is 0 Å². The lowest BCUT2D eigenvalue weighted by atomic mass is 9.92. The molecular weight excluding hydrogens is 566 g/mol. The summed E-state index contributed by atoms with van der Waals surface area (Å²) in [5, 5.41) is 6.43. The summed E-state index contributed by atoms with van der Waals surface area (Å²) < 4.78 is 83.2. The zero-order valence-electron chi connectivity index (χ0n) is 22.9. The van der Waals surface area contributed by atoms with Crippen LogP contribution in [0.2, 0.25) is 0 Å². The SMILES string of the molecule is CC(C)(F)CC(NC(c1ccc(-c2ccc(C3(C(N)=O)CC3)cc2)cc1)C(F)F)C(=O)NC1C(=O)NCC1C(F)(F)F. The number of halogens is 6. The molecule has 1 saturated heterocycles. The van der Waals surface area contributed by atoms with E-state index in [1.165, 1.54) is 12.1 Å². The van der Waals surface area contributed by atoms with Gasteiger partial charge in [-0.15, -0.1) is 0 Å². The van der Waals surface area contributed by atoms with Crippen molar-refractivity contribution < 1.29 is 40.7 Å². The van der Waals surface area contributed by atoms with Crippen LogP contribution >= 0.6 is 0 Å². The predicted octanol–water partition coefficient (Wildman–Crippen LogP) is 4.07. The monoisotopic (exact) mass is 598 g/mol. The molecule has 4 rings (SSSR count). The van der Waals surface area contributed by atoms with E-state index in [9.17, 15) is 40.7 Å². The van der Waals surface area contributed by atoms with Crippen LogP contribution in [0.15, 0.2) is 48.5 Å². The smallest absolute Gasteiger partial charge is 0.369 e. The van der Waals surface area contributed by atoms with E-state index in [0.29, 0.717) is 18.4 Å². The number of nitrogens with two attached hydrogens (primary N) is 1. The largest absolute Gasteiger partial charge is 0.395 e. The van der Waals surface area contributed by atoms with E-state index in [0.717, 1.165) is 25.0 Å². The van der Waals surface area contributed by atoms with Crippen LogP contribution in [0.4, 0.5) is 26.3 Å². The number of benzene rings is 2. The Morgan fingerprint density at radius 1 is 1.00 bits per heavy atom. The second kappa shape index (κ2) is 11.6. The lowest BCUT2D eigenvalue weighted by Crippen LogP contribution is -2.55. The van der Waals surface area contributed by atoms with Crippen molar-refractivity contribution in [2.75, 3.05) is 6.54 Å². The highest BCUT2D eigenvalue weighted by Crippen LogP contribution is 2.48. The number of rotatable bonds is 11. The number of nitrogens with one attached hydrogen (secondary N) is 3. The van der Waals surface area contributed by atoms with Gasteiger partial charge in [-0.1, -0.05) is 48.5 Å². The average Bonchev–Trinajstić information content (AvgIpc) is 3.64. The van der Waals surface area contributed by atoms with Crippen molar-refractivity contribution >= 4 is 17.7 Å². The number of primary amides is 1. The molecule has 4 atom stereocenters. The van der Waals surface area contributed by atoms with Gasteiger partial charge in [-0.05, 0) is 48.9 Å². The van der Waals surface area contributed by atoms with Crippen LogP contribution < -0.4 is 21.7 Å². The number of carbonyl (C=O) groups is 3. The van der Waals surface area contributed by atoms with E-state index in [2.05, 4.69) is 5.32 Å². The van der Waals surface area contributed by atoms with Crippen LogP contribution in [-0.4, -0.2) is 54.6 Å². The van der Waals surface area contributed by atoms with Gasteiger partial charge in [0.05, 0.1) is 17.5 Å². The highest BCUT2D eigenvalue weighted by atomic mass is 19.4. The minimum absolute atomic E-state index is 0.0530. The van der Waals surface area contributed by atoms with Gasteiger partial charge in [0.25, 0.3) is 6.43 Å². The van der Waals surface area contributed by atoms with Gasteiger partial charge in [-0.3, -0.25) is 19.7 Å². The molecule has 0 aromatic heterocycles. The normalized spacial score (nSPS) is 21.5. The predicted molar refractivity (Wildman–Crippen MR) is 142 cm³/mol. The van der Waals surface area contributed by atoms with Gasteiger partial charge in [0.1, 0.15) is 17.6 Å². The molecule has 4 unspecified atom stereocenters. The number of amides is 3. The average molecular weight is 599 g/mol. The molecule has 2 aliphatic rings. The van der Waals surface area contributed by atoms with E-state index in [1.807, 2.05) is 10.6 Å². The molecule has 2 fully saturated rings. The third-order valence-corrected chi connectivity index (χ3v) is 7.80. The summed E-state index contributed by atoms with van der Waals surface area (Å²) in [7, 11) is 0. The maximum atomic E-state index is 14.6. The molecular formula is C29H32F6N4O3. The van der Waals surface area contributed by atoms with Crippen molar-refractivity contribution in [3.8, 4) is 11.1 Å². The lowest BCUT2D eigenvalue weighted by Gasteiger charge is -2.30. The van der Waals surface area contributed by atoms with Crippen molar-refractivity contribution in [1.82, 2.24) is 16.0 Å². The molecule has 2 aromatic rings. The maximum absolute atomic E-state index is 14.6. The fraction of sp³-hybridized carbons (Fsp3) is 0.483. The Labute approximate surface area is 238 Å². The van der Waals surface area contributed by atoms with Gasteiger partial charge in [0.2, 0.25) is 17.7 Å². The molecule has 3 amide bonds. The molecule has 1 aliphatic carbocycles. The van der Waals surface area contributed by atoms with E-state index < -0.39 is 72.5 Å². The van der Waals surface area contributed by atoms with Crippen molar-refractivity contribution in [1.29, 1.82) is 0 Å². The Morgan fingerprint density at radius 2 is 1.55 bits per heavy atom. The molecule has 228 valence electrons. The molecule has 13 heteroatoms. The highest BCUT2D eigenvalue weighted by Gasteiger charge is 2.52. The minimum atomic E-state index is -4.81. The summed E-state index contributed by atoms with van der Waals surface area (Å²) in [6.07, 6.45) is -7.19. The van der Waals surface area contributed by atoms with Crippen LogP contribution in [0.3, 0.4) is 0 Å². The minimum Gasteiger partial charge on any atom is -0.369 e. The second-order valence-electron chi connectivity index (χ2n) is 11.5. The van der Waals surface area contributed by atoms with Crippen LogP contribution in [0.5, 0.6) is 0 Å². The third kappa shape index (κ3) is 6.88. The van der Waals surface area contributed by atoms with Gasteiger partial charge < -0.3 is 16.4 Å². The van der Waals surface area contributed by atoms with Crippen molar-refractivity contribution in [3.05, 3.63) is 59.7 Å². The Morgan fingerprint density at radius 3 is 2.00 bits per heavy atom. The molecule has 5 N–H and O–H groups in total. The zero-order chi connectivity index (χ0) is 31.0. The summed E-state index contributed by atoms with van der Waals surface area (Å²) >= 11 is 0. The van der Waals surface area contributed by atoms with E-state index in [4.69, 9.17) is 5.73 Å². The number of hydrogen-bond acceptors (Lipinski definition) is 4. The van der Waals surface area contributed by atoms with Gasteiger partial charge in [-0.25, -0.2) is 13.2 Å². The van der Waals surface area contributed by atoms with Crippen LogP contribution in [0.1, 0.15) is 50.3 Å². The number of hydrogen-bond donors (Lipinski definition) is 4. The molecule has 1 aliphatic heterocycles. The number of carbonyl (C=O) groups excluding carboxylic acids is 3. The topological polar surface area (TPSA) is 113 Å². The maximum Gasteiger partial charge on any atom is 0.395 e. The first-order valence-electron chi connectivity index (χ1n) is 13.4. The molecule has 1 saturated carbocycles. The Kier molecular flexibility index (Phi) is 8.64. The zero-order valence-corrected chi connectivity index (χ0v) is 22.9. The Balaban J connectivity index is 1.52. The third-order valence-electron chi connectivity index (χ3n) is 7.80. The quantitative estimate of drug-likeness (QED) is 0.292. The van der Waals surface area contributed by atoms with Gasteiger partial charge in [-0.2, -0.15) is 13.2 Å². The molecule has 0 radical (unpaired) electrons. The summed E-state index contributed by atoms with van der Waals surface area (Å²) in [5.74, 6) is -4.88. The Hall–Kier alpha value is -3.61. The summed E-state index contributed by atoms with van der Waals surface area (Å²) in [6, 6.07) is 7.68. The van der Waals surface area contributed by atoms with Crippen molar-refractivity contribution in [2.45, 2.75) is 74.9 Å². The van der Waals surface area contributed by atoms with Crippen molar-refractivity contribution in [3.63, 3.8) is 0 Å². The lowest BCUT2D eigenvalue weighted by molar-refractivity contribution is -0.176. The molecule has 0 spiro atoms. The standard InChI is InChI=1S/C29H32F6N4O3/c1-27(2,32)13-20(24(40)39-22-19(29(33,34)35)14-37-25(22)41)38-21(23(30)31)17-5-3-15(4-6-17)16-7-9-18(10-8-16)28(11-12-28)26(36)42/h3-10,19-23,38H,11-14H2,1-2H3,(H2,36,42)(H,37,41)(H,39,40). The highest BCUT2D eigenvalue weighted by molar-refractivity contribution is 5.91. The fourth-order valence-electron chi connectivity index (χ4n) is 5.26. The molecule has 1 heterocycles.